The van der Waals surface area contributed by atoms with E-state index in [1.54, 1.807) is 19.1 Å². The van der Waals surface area contributed by atoms with E-state index in [9.17, 15) is 9.59 Å². The van der Waals surface area contributed by atoms with Crippen molar-refractivity contribution in [3.8, 4) is 0 Å². The molecule has 16 heavy (non-hydrogen) atoms. The predicted octanol–water partition coefficient (Wildman–Crippen LogP) is 2.68. The third kappa shape index (κ3) is 2.61. The molecule has 1 rings (SSSR count). The van der Waals surface area contributed by atoms with Crippen molar-refractivity contribution in [2.75, 3.05) is 11.2 Å². The van der Waals surface area contributed by atoms with E-state index in [1.807, 2.05) is 6.92 Å². The largest absolute Gasteiger partial charge is 0.326 e. The fraction of sp³-hybridized carbons (Fsp3) is 0.333. The highest BCUT2D eigenvalue weighted by molar-refractivity contribution is 6.30. The normalized spacial score (nSPS) is 10.0. The number of benzene rings is 1. The first-order valence-corrected chi connectivity index (χ1v) is 5.47. The quantitative estimate of drug-likeness (QED) is 0.651. The van der Waals surface area contributed by atoms with Crippen LogP contribution in [0.1, 0.15) is 28.4 Å². The lowest BCUT2D eigenvalue weighted by Crippen LogP contribution is -2.12. The number of hydrogen-bond donors (Lipinski definition) is 1. The molecule has 0 fully saturated rings. The Morgan fingerprint density at radius 3 is 2.44 bits per heavy atom. The van der Waals surface area contributed by atoms with E-state index in [1.165, 1.54) is 6.92 Å². The van der Waals surface area contributed by atoms with Gasteiger partial charge in [-0.1, -0.05) is 12.1 Å². The molecule has 0 aliphatic carbocycles. The number of carbonyl (C=O) groups is 2. The van der Waals surface area contributed by atoms with Crippen molar-refractivity contribution in [2.24, 2.45) is 0 Å². The van der Waals surface area contributed by atoms with Gasteiger partial charge < -0.3 is 5.32 Å². The van der Waals surface area contributed by atoms with Crippen LogP contribution in [0.5, 0.6) is 0 Å². The third-order valence-corrected chi connectivity index (χ3v) is 2.64. The van der Waals surface area contributed by atoms with Crippen LogP contribution >= 0.6 is 11.6 Å². The summed E-state index contributed by atoms with van der Waals surface area (Å²) in [7, 11) is 0. The molecular formula is C12H14ClNO2. The summed E-state index contributed by atoms with van der Waals surface area (Å²) in [5.74, 6) is -0.337. The molecule has 0 bridgehead atoms. The molecular weight excluding hydrogens is 226 g/mol. The lowest BCUT2D eigenvalue weighted by Gasteiger charge is -2.13. The molecule has 0 aliphatic rings. The fourth-order valence-corrected chi connectivity index (χ4v) is 1.73. The summed E-state index contributed by atoms with van der Waals surface area (Å²) >= 11 is 5.52. The number of ketones is 1. The van der Waals surface area contributed by atoms with Crippen LogP contribution in [0.4, 0.5) is 5.69 Å². The summed E-state index contributed by atoms with van der Waals surface area (Å²) < 4.78 is 0. The average Bonchev–Trinajstić information content (AvgIpc) is 2.23. The molecule has 3 nitrogen and oxygen atoms in total. The number of anilines is 1. The van der Waals surface area contributed by atoms with Crippen LogP contribution < -0.4 is 5.32 Å². The van der Waals surface area contributed by atoms with Gasteiger partial charge in [0.15, 0.2) is 5.78 Å². The summed E-state index contributed by atoms with van der Waals surface area (Å²) in [6, 6.07) is 3.54. The van der Waals surface area contributed by atoms with Gasteiger partial charge in [-0.05, 0) is 25.0 Å². The van der Waals surface area contributed by atoms with Gasteiger partial charge in [0, 0.05) is 18.2 Å². The SMILES string of the molecule is CC(=O)Nc1c(C)ccc(C(=O)CCl)c1C. The topological polar surface area (TPSA) is 46.2 Å². The zero-order valence-electron chi connectivity index (χ0n) is 9.56. The molecule has 0 heterocycles. The molecule has 0 aliphatic heterocycles. The number of aryl methyl sites for hydroxylation is 1. The second-order valence-electron chi connectivity index (χ2n) is 3.67. The van der Waals surface area contributed by atoms with E-state index in [-0.39, 0.29) is 17.6 Å². The van der Waals surface area contributed by atoms with Gasteiger partial charge in [-0.25, -0.2) is 0 Å². The van der Waals surface area contributed by atoms with Crippen molar-refractivity contribution in [3.63, 3.8) is 0 Å². The molecule has 1 amide bonds. The maximum Gasteiger partial charge on any atom is 0.221 e. The second-order valence-corrected chi connectivity index (χ2v) is 3.94. The summed E-state index contributed by atoms with van der Waals surface area (Å²) in [5, 5.41) is 2.73. The second kappa shape index (κ2) is 5.12. The van der Waals surface area contributed by atoms with Crippen LogP contribution in [0.3, 0.4) is 0 Å². The summed E-state index contributed by atoms with van der Waals surface area (Å²) in [4.78, 5) is 22.6. The molecule has 86 valence electrons. The zero-order chi connectivity index (χ0) is 12.3. The van der Waals surface area contributed by atoms with E-state index in [0.29, 0.717) is 11.3 Å². The number of amides is 1. The van der Waals surface area contributed by atoms with Crippen LogP contribution in [0.2, 0.25) is 0 Å². The summed E-state index contributed by atoms with van der Waals surface area (Å²) in [5.41, 5.74) is 2.95. The molecule has 0 atom stereocenters. The maximum absolute atomic E-state index is 11.5. The number of nitrogens with one attached hydrogen (secondary N) is 1. The minimum atomic E-state index is -0.151. The lowest BCUT2D eigenvalue weighted by atomic mass is 10.00. The lowest BCUT2D eigenvalue weighted by molar-refractivity contribution is -0.114. The van der Waals surface area contributed by atoms with Gasteiger partial charge >= 0.3 is 0 Å². The Hall–Kier alpha value is -1.35. The highest BCUT2D eigenvalue weighted by Gasteiger charge is 2.13. The van der Waals surface area contributed by atoms with E-state index in [0.717, 1.165) is 11.1 Å². The van der Waals surface area contributed by atoms with E-state index < -0.39 is 0 Å². The van der Waals surface area contributed by atoms with Gasteiger partial charge in [0.2, 0.25) is 5.91 Å². The number of Topliss-reactive ketones (excluding diaryl/α,β-unsaturated/α-hetero) is 1. The molecule has 0 radical (unpaired) electrons. The summed E-state index contributed by atoms with van der Waals surface area (Å²) in [6.07, 6.45) is 0. The molecule has 1 aromatic rings. The highest BCUT2D eigenvalue weighted by Crippen LogP contribution is 2.24. The van der Waals surface area contributed by atoms with Gasteiger partial charge in [0.25, 0.3) is 0 Å². The Labute approximate surface area is 99.8 Å². The number of alkyl halides is 1. The number of rotatable bonds is 3. The van der Waals surface area contributed by atoms with Gasteiger partial charge in [0.05, 0.1) is 5.88 Å². The van der Waals surface area contributed by atoms with Crippen LogP contribution in [0.25, 0.3) is 0 Å². The Morgan fingerprint density at radius 1 is 1.31 bits per heavy atom. The van der Waals surface area contributed by atoms with Gasteiger partial charge in [0.1, 0.15) is 0 Å². The highest BCUT2D eigenvalue weighted by atomic mass is 35.5. The van der Waals surface area contributed by atoms with E-state index >= 15 is 0 Å². The molecule has 0 saturated heterocycles. The number of halogens is 1. The zero-order valence-corrected chi connectivity index (χ0v) is 10.3. The first kappa shape index (κ1) is 12.7. The van der Waals surface area contributed by atoms with Gasteiger partial charge in [-0.15, -0.1) is 11.6 Å². The maximum atomic E-state index is 11.5. The molecule has 4 heteroatoms. The molecule has 0 unspecified atom stereocenters. The van der Waals surface area contributed by atoms with Crippen molar-refractivity contribution in [3.05, 3.63) is 28.8 Å². The van der Waals surface area contributed by atoms with Crippen LogP contribution in [0, 0.1) is 13.8 Å². The molecule has 1 aromatic carbocycles. The van der Waals surface area contributed by atoms with Crippen molar-refractivity contribution < 1.29 is 9.59 Å². The van der Waals surface area contributed by atoms with Gasteiger partial charge in [-0.3, -0.25) is 9.59 Å². The predicted molar refractivity (Wildman–Crippen MR) is 65.3 cm³/mol. The Bertz CT molecular complexity index is 441. The van der Waals surface area contributed by atoms with Crippen molar-refractivity contribution in [2.45, 2.75) is 20.8 Å². The van der Waals surface area contributed by atoms with Crippen molar-refractivity contribution >= 4 is 29.0 Å². The Morgan fingerprint density at radius 2 is 1.94 bits per heavy atom. The third-order valence-electron chi connectivity index (χ3n) is 2.40. The Balaban J connectivity index is 3.26. The van der Waals surface area contributed by atoms with Crippen molar-refractivity contribution in [1.29, 1.82) is 0 Å². The Kier molecular flexibility index (Phi) is 4.07. The molecule has 1 N–H and O–H groups in total. The number of carbonyl (C=O) groups excluding carboxylic acids is 2. The van der Waals surface area contributed by atoms with E-state index in [2.05, 4.69) is 5.32 Å². The van der Waals surface area contributed by atoms with Crippen LogP contribution in [-0.2, 0) is 4.79 Å². The smallest absolute Gasteiger partial charge is 0.221 e. The first-order valence-electron chi connectivity index (χ1n) is 4.94. The van der Waals surface area contributed by atoms with E-state index in [4.69, 9.17) is 11.6 Å². The minimum Gasteiger partial charge on any atom is -0.326 e. The average molecular weight is 240 g/mol. The van der Waals surface area contributed by atoms with Crippen LogP contribution in [-0.4, -0.2) is 17.6 Å². The standard InChI is InChI=1S/C12H14ClNO2/c1-7-4-5-10(11(16)6-13)8(2)12(7)14-9(3)15/h4-5H,6H2,1-3H3,(H,14,15). The van der Waals surface area contributed by atoms with Crippen LogP contribution in [0.15, 0.2) is 12.1 Å². The van der Waals surface area contributed by atoms with Gasteiger partial charge in [-0.2, -0.15) is 0 Å². The minimum absolute atomic E-state index is 0.0522. The monoisotopic (exact) mass is 239 g/mol. The molecule has 0 aromatic heterocycles. The summed E-state index contributed by atoms with van der Waals surface area (Å²) in [6.45, 7) is 5.13. The van der Waals surface area contributed by atoms with Crippen molar-refractivity contribution in [1.82, 2.24) is 0 Å². The fourth-order valence-electron chi connectivity index (χ4n) is 1.59. The molecule has 0 spiro atoms. The number of hydrogen-bond acceptors (Lipinski definition) is 2. The molecule has 0 saturated carbocycles. The first-order chi connectivity index (χ1) is 7.47.